The predicted octanol–water partition coefficient (Wildman–Crippen LogP) is 2.64. The van der Waals surface area contributed by atoms with Crippen LogP contribution in [0, 0.1) is 22.7 Å². The summed E-state index contributed by atoms with van der Waals surface area (Å²) in [4.78, 5) is 65.6. The van der Waals surface area contributed by atoms with E-state index in [-0.39, 0.29) is 35.9 Å². The first kappa shape index (κ1) is 33.5. The highest BCUT2D eigenvalue weighted by molar-refractivity contribution is 5.96. The van der Waals surface area contributed by atoms with E-state index in [4.69, 9.17) is 5.11 Å². The summed E-state index contributed by atoms with van der Waals surface area (Å²) in [5.74, 6) is -3.53. The smallest absolute Gasteiger partial charge is 0.315 e. The summed E-state index contributed by atoms with van der Waals surface area (Å²) in [6.07, 6.45) is 0.520. The van der Waals surface area contributed by atoms with Gasteiger partial charge in [-0.15, -0.1) is 0 Å². The molecule has 2 aliphatic carbocycles. The summed E-state index contributed by atoms with van der Waals surface area (Å²) in [7, 11) is 0. The van der Waals surface area contributed by atoms with Gasteiger partial charge in [0.2, 0.25) is 24.1 Å². The van der Waals surface area contributed by atoms with Crippen molar-refractivity contribution < 1.29 is 37.9 Å². The largest absolute Gasteiger partial charge is 0.481 e. The highest BCUT2D eigenvalue weighted by Crippen LogP contribution is 2.65. The number of nitrogens with one attached hydrogen (secondary N) is 4. The minimum Gasteiger partial charge on any atom is -0.481 e. The molecule has 1 aliphatic heterocycles. The summed E-state index contributed by atoms with van der Waals surface area (Å²) in [5.41, 5.74) is -1.37. The minimum atomic E-state index is -2.91. The number of rotatable bonds is 11. The van der Waals surface area contributed by atoms with Gasteiger partial charge >= 0.3 is 12.0 Å². The van der Waals surface area contributed by atoms with Gasteiger partial charge in [-0.2, -0.15) is 0 Å². The van der Waals surface area contributed by atoms with Crippen LogP contribution in [0.2, 0.25) is 0 Å². The third-order valence-electron chi connectivity index (χ3n) is 9.21. The van der Waals surface area contributed by atoms with E-state index < -0.39 is 72.5 Å². The Kier molecular flexibility index (Phi) is 10.1. The lowest BCUT2D eigenvalue weighted by atomic mass is 9.83. The molecule has 3 rings (SSSR count). The number of amides is 5. The van der Waals surface area contributed by atoms with Crippen molar-refractivity contribution in [1.82, 2.24) is 26.2 Å². The maximum absolute atomic E-state index is 14.0. The van der Waals surface area contributed by atoms with Crippen LogP contribution in [0.15, 0.2) is 0 Å². The van der Waals surface area contributed by atoms with Crippen molar-refractivity contribution in [2.45, 2.75) is 117 Å². The van der Waals surface area contributed by atoms with Gasteiger partial charge in [0.15, 0.2) is 0 Å². The third kappa shape index (κ3) is 7.89. The number of nitrogens with zero attached hydrogens (tertiary/aromatic N) is 1. The van der Waals surface area contributed by atoms with Crippen LogP contribution in [0.25, 0.3) is 0 Å². The third-order valence-corrected chi connectivity index (χ3v) is 9.21. The maximum atomic E-state index is 14.0. The molecule has 13 heteroatoms. The SMILES string of the molecule is CC1(NC(=O)N[C@H](C(=O)N2C[C@H]3[C@@H]([C@H]2C(=O)N[C@@H](CC(F)F)C(=O)NCCC(=O)O)C3(C)C)C(C)(C)C)CCCCC1. The molecule has 42 heavy (non-hydrogen) atoms. The molecular weight excluding hydrogens is 552 g/mol. The van der Waals surface area contributed by atoms with Crippen molar-refractivity contribution in [1.29, 1.82) is 0 Å². The molecule has 3 aliphatic rings. The first-order valence-corrected chi connectivity index (χ1v) is 14.8. The topological polar surface area (TPSA) is 157 Å². The van der Waals surface area contributed by atoms with Crippen LogP contribution in [0.1, 0.15) is 86.5 Å². The highest BCUT2D eigenvalue weighted by atomic mass is 19.3. The van der Waals surface area contributed by atoms with Crippen LogP contribution in [0.4, 0.5) is 13.6 Å². The van der Waals surface area contributed by atoms with Gasteiger partial charge in [0, 0.05) is 25.0 Å². The molecule has 2 saturated carbocycles. The fourth-order valence-electron chi connectivity index (χ4n) is 6.61. The Hall–Kier alpha value is -2.99. The zero-order valence-corrected chi connectivity index (χ0v) is 25.5. The number of fused-ring (bicyclic) bond motifs is 1. The minimum absolute atomic E-state index is 0.00858. The van der Waals surface area contributed by atoms with Crippen molar-refractivity contribution in [2.75, 3.05) is 13.1 Å². The molecule has 238 valence electrons. The van der Waals surface area contributed by atoms with Gasteiger partial charge in [0.05, 0.1) is 6.42 Å². The Labute approximate surface area is 246 Å². The molecule has 0 spiro atoms. The fraction of sp³-hybridized carbons (Fsp3) is 0.828. The van der Waals surface area contributed by atoms with Gasteiger partial charge < -0.3 is 31.3 Å². The molecule has 0 unspecified atom stereocenters. The van der Waals surface area contributed by atoms with Crippen LogP contribution in [-0.2, 0) is 19.2 Å². The number of carboxylic acid groups (broad SMARTS) is 1. The Bertz CT molecular complexity index is 1060. The standard InChI is InChI=1S/C29H47F2N5O6/c1-27(2,3)22(34-26(42)35-29(6)11-8-7-9-12-29)25(41)36-15-16-20(28(16,4)5)21(36)24(40)33-17(14-18(30)31)23(39)32-13-10-19(37)38/h16-18,20-22H,7-15H2,1-6H3,(H,32,39)(H,33,40)(H,37,38)(H2,34,35,42)/t16-,17-,20-,21-,22+/m0/s1. The summed E-state index contributed by atoms with van der Waals surface area (Å²) in [6.45, 7) is 11.3. The second-order valence-corrected chi connectivity index (χ2v) is 14.0. The molecule has 1 heterocycles. The Morgan fingerprint density at radius 3 is 2.17 bits per heavy atom. The summed E-state index contributed by atoms with van der Waals surface area (Å²) in [5, 5.41) is 19.4. The molecule has 0 aromatic heterocycles. The molecule has 5 atom stereocenters. The normalized spacial score (nSPS) is 25.5. The average Bonchev–Trinajstić information content (AvgIpc) is 3.19. The monoisotopic (exact) mass is 599 g/mol. The number of likely N-dealkylation sites (tertiary alicyclic amines) is 1. The van der Waals surface area contributed by atoms with E-state index in [2.05, 4.69) is 21.3 Å². The Balaban J connectivity index is 1.78. The number of halogens is 2. The van der Waals surface area contributed by atoms with Gasteiger partial charge in [-0.05, 0) is 42.4 Å². The zero-order chi connectivity index (χ0) is 31.6. The van der Waals surface area contributed by atoms with E-state index in [9.17, 15) is 32.8 Å². The number of hydrogen-bond donors (Lipinski definition) is 5. The van der Waals surface area contributed by atoms with Gasteiger partial charge in [0.25, 0.3) is 0 Å². The predicted molar refractivity (Wildman–Crippen MR) is 150 cm³/mol. The van der Waals surface area contributed by atoms with Crippen molar-refractivity contribution in [3.05, 3.63) is 0 Å². The first-order valence-electron chi connectivity index (χ1n) is 14.8. The fourth-order valence-corrected chi connectivity index (χ4v) is 6.61. The van der Waals surface area contributed by atoms with Crippen LogP contribution in [0.5, 0.6) is 0 Å². The molecule has 0 bridgehead atoms. The number of carbonyl (C=O) groups excluding carboxylic acids is 4. The van der Waals surface area contributed by atoms with Crippen molar-refractivity contribution in [3.8, 4) is 0 Å². The van der Waals surface area contributed by atoms with E-state index in [1.54, 1.807) is 0 Å². The van der Waals surface area contributed by atoms with Crippen LogP contribution < -0.4 is 21.3 Å². The number of piperidine rings is 1. The maximum Gasteiger partial charge on any atom is 0.315 e. The van der Waals surface area contributed by atoms with Gasteiger partial charge in [-0.25, -0.2) is 13.6 Å². The summed E-state index contributed by atoms with van der Waals surface area (Å²) in [6, 6.07) is -4.07. The molecule has 3 fully saturated rings. The highest BCUT2D eigenvalue weighted by Gasteiger charge is 2.70. The van der Waals surface area contributed by atoms with Crippen LogP contribution >= 0.6 is 0 Å². The first-order chi connectivity index (χ1) is 19.4. The Morgan fingerprint density at radius 1 is 1.00 bits per heavy atom. The summed E-state index contributed by atoms with van der Waals surface area (Å²) < 4.78 is 26.7. The van der Waals surface area contributed by atoms with Crippen molar-refractivity contribution in [2.24, 2.45) is 22.7 Å². The number of carboxylic acids is 1. The molecule has 1 saturated heterocycles. The van der Waals surface area contributed by atoms with E-state index in [0.717, 1.165) is 32.1 Å². The van der Waals surface area contributed by atoms with Crippen molar-refractivity contribution in [3.63, 3.8) is 0 Å². The quantitative estimate of drug-likeness (QED) is 0.246. The van der Waals surface area contributed by atoms with E-state index in [1.807, 2.05) is 41.5 Å². The molecular formula is C29H47F2N5O6. The molecule has 0 aromatic carbocycles. The second kappa shape index (κ2) is 12.7. The van der Waals surface area contributed by atoms with Gasteiger partial charge in [0.1, 0.15) is 18.1 Å². The number of hydrogen-bond acceptors (Lipinski definition) is 5. The lowest BCUT2D eigenvalue weighted by Gasteiger charge is -2.39. The molecule has 0 aromatic rings. The van der Waals surface area contributed by atoms with Crippen LogP contribution in [-0.4, -0.2) is 82.9 Å². The number of urea groups is 1. The lowest BCUT2D eigenvalue weighted by molar-refractivity contribution is -0.144. The molecule has 5 amide bonds. The van der Waals surface area contributed by atoms with Crippen molar-refractivity contribution >= 4 is 29.7 Å². The molecule has 11 nitrogen and oxygen atoms in total. The lowest BCUT2D eigenvalue weighted by Crippen LogP contribution is -2.62. The van der Waals surface area contributed by atoms with Gasteiger partial charge in [-0.3, -0.25) is 19.2 Å². The molecule has 5 N–H and O–H groups in total. The number of carbonyl (C=O) groups is 5. The number of aliphatic carboxylic acids is 1. The van der Waals surface area contributed by atoms with E-state index in [0.29, 0.717) is 0 Å². The van der Waals surface area contributed by atoms with E-state index in [1.165, 1.54) is 4.90 Å². The average molecular weight is 600 g/mol. The van der Waals surface area contributed by atoms with Crippen LogP contribution in [0.3, 0.4) is 0 Å². The van der Waals surface area contributed by atoms with E-state index >= 15 is 0 Å². The second-order valence-electron chi connectivity index (χ2n) is 14.0. The summed E-state index contributed by atoms with van der Waals surface area (Å²) >= 11 is 0. The zero-order valence-electron chi connectivity index (χ0n) is 25.5. The van der Waals surface area contributed by atoms with Gasteiger partial charge in [-0.1, -0.05) is 53.9 Å². The Morgan fingerprint density at radius 2 is 1.62 bits per heavy atom. The number of alkyl halides is 2. The molecule has 0 radical (unpaired) electrons.